The molecule has 2 N–H and O–H groups in total. The number of methoxy groups -OCH3 is 1. The third-order valence-electron chi connectivity index (χ3n) is 3.96. The van der Waals surface area contributed by atoms with E-state index in [9.17, 15) is 4.79 Å². The summed E-state index contributed by atoms with van der Waals surface area (Å²) in [5.74, 6) is 0.852. The number of hydrogen-bond donors (Lipinski definition) is 1. The number of halogens is 1. The van der Waals surface area contributed by atoms with Crippen LogP contribution in [0.15, 0.2) is 30.5 Å². The standard InChI is InChI=1S/C16H19N3O2S.ClH/c1-21-13-6-4-11(5-7-13)15-18-10-14(22-15)16(20)19-8-2-3-12(19)9-17;/h4-7,10,12H,2-3,8-9,17H2,1H3;1H. The number of nitrogens with two attached hydrogens (primary N) is 1. The quantitative estimate of drug-likeness (QED) is 0.917. The van der Waals surface area contributed by atoms with Gasteiger partial charge in [0.25, 0.3) is 5.91 Å². The van der Waals surface area contributed by atoms with Gasteiger partial charge in [0.05, 0.1) is 13.3 Å². The Kier molecular flexibility index (Phi) is 5.98. The Bertz CT molecular complexity index is 660. The minimum absolute atomic E-state index is 0. The van der Waals surface area contributed by atoms with E-state index in [2.05, 4.69) is 4.98 Å². The number of nitrogens with zero attached hydrogens (tertiary/aromatic N) is 2. The maximum atomic E-state index is 12.6. The van der Waals surface area contributed by atoms with Gasteiger partial charge >= 0.3 is 0 Å². The molecule has 23 heavy (non-hydrogen) atoms. The van der Waals surface area contributed by atoms with Gasteiger partial charge in [0.1, 0.15) is 15.6 Å². The van der Waals surface area contributed by atoms with Gasteiger partial charge in [-0.15, -0.1) is 23.7 Å². The van der Waals surface area contributed by atoms with Crippen LogP contribution in [0.2, 0.25) is 0 Å². The molecule has 3 rings (SSSR count). The van der Waals surface area contributed by atoms with Crippen LogP contribution in [0.3, 0.4) is 0 Å². The number of carbonyl (C=O) groups excluding carboxylic acids is 1. The highest BCUT2D eigenvalue weighted by atomic mass is 35.5. The van der Waals surface area contributed by atoms with Gasteiger partial charge in [0.2, 0.25) is 0 Å². The third-order valence-corrected chi connectivity index (χ3v) is 5.00. The van der Waals surface area contributed by atoms with Gasteiger partial charge in [0.15, 0.2) is 0 Å². The average molecular weight is 354 g/mol. The number of benzene rings is 1. The maximum Gasteiger partial charge on any atom is 0.265 e. The minimum Gasteiger partial charge on any atom is -0.497 e. The van der Waals surface area contributed by atoms with E-state index < -0.39 is 0 Å². The topological polar surface area (TPSA) is 68.5 Å². The minimum atomic E-state index is 0. The van der Waals surface area contributed by atoms with Gasteiger partial charge in [-0.05, 0) is 37.1 Å². The molecule has 1 aliphatic rings. The Balaban J connectivity index is 0.00000192. The molecule has 0 spiro atoms. The Morgan fingerprint density at radius 2 is 2.17 bits per heavy atom. The van der Waals surface area contributed by atoms with E-state index in [0.29, 0.717) is 11.4 Å². The highest BCUT2D eigenvalue weighted by Gasteiger charge is 2.29. The molecule has 5 nitrogen and oxygen atoms in total. The van der Waals surface area contributed by atoms with Crippen molar-refractivity contribution in [3.05, 3.63) is 35.3 Å². The molecule has 1 unspecified atom stereocenters. The lowest BCUT2D eigenvalue weighted by atomic mass is 10.2. The molecule has 1 atom stereocenters. The van der Waals surface area contributed by atoms with Crippen molar-refractivity contribution in [3.8, 4) is 16.3 Å². The fourth-order valence-electron chi connectivity index (χ4n) is 2.73. The summed E-state index contributed by atoms with van der Waals surface area (Å²) in [7, 11) is 1.64. The van der Waals surface area contributed by atoms with Crippen molar-refractivity contribution in [3.63, 3.8) is 0 Å². The second-order valence-electron chi connectivity index (χ2n) is 5.29. The molecule has 2 aromatic rings. The molecule has 1 aliphatic heterocycles. The first-order chi connectivity index (χ1) is 10.7. The lowest BCUT2D eigenvalue weighted by Crippen LogP contribution is -2.39. The summed E-state index contributed by atoms with van der Waals surface area (Å²) in [5.41, 5.74) is 6.73. The second-order valence-corrected chi connectivity index (χ2v) is 6.32. The average Bonchev–Trinajstić information content (AvgIpc) is 3.23. The SMILES string of the molecule is COc1ccc(-c2ncc(C(=O)N3CCCC3CN)s2)cc1.Cl. The fraction of sp³-hybridized carbons (Fsp3) is 0.375. The van der Waals surface area contributed by atoms with Crippen LogP contribution in [0.1, 0.15) is 22.5 Å². The summed E-state index contributed by atoms with van der Waals surface area (Å²) in [6.07, 6.45) is 3.68. The third kappa shape index (κ3) is 3.65. The maximum absolute atomic E-state index is 12.6. The van der Waals surface area contributed by atoms with Gasteiger partial charge in [0, 0.05) is 24.7 Å². The number of carbonyl (C=O) groups is 1. The Morgan fingerprint density at radius 1 is 1.43 bits per heavy atom. The van der Waals surface area contributed by atoms with Crippen LogP contribution >= 0.6 is 23.7 Å². The summed E-state index contributed by atoms with van der Waals surface area (Å²) in [5, 5.41) is 0.842. The van der Waals surface area contributed by atoms with E-state index in [1.54, 1.807) is 13.3 Å². The lowest BCUT2D eigenvalue weighted by molar-refractivity contribution is 0.0746. The first-order valence-corrected chi connectivity index (χ1v) is 8.16. The molecule has 1 saturated heterocycles. The molecule has 1 fully saturated rings. The summed E-state index contributed by atoms with van der Waals surface area (Å²) in [6, 6.07) is 7.85. The van der Waals surface area contributed by atoms with Crippen LogP contribution < -0.4 is 10.5 Å². The Morgan fingerprint density at radius 3 is 2.83 bits per heavy atom. The van der Waals surface area contributed by atoms with Crippen molar-refractivity contribution in [2.45, 2.75) is 18.9 Å². The van der Waals surface area contributed by atoms with Crippen LogP contribution in [0.5, 0.6) is 5.75 Å². The predicted octanol–water partition coefficient (Wildman–Crippen LogP) is 2.80. The van der Waals surface area contributed by atoms with Crippen LogP contribution in [-0.2, 0) is 0 Å². The number of ether oxygens (including phenoxy) is 1. The molecule has 1 aromatic carbocycles. The normalized spacial score (nSPS) is 17.0. The monoisotopic (exact) mass is 353 g/mol. The molecule has 0 aliphatic carbocycles. The molecule has 0 radical (unpaired) electrons. The van der Waals surface area contributed by atoms with Crippen molar-refractivity contribution in [1.29, 1.82) is 0 Å². The largest absolute Gasteiger partial charge is 0.497 e. The fourth-order valence-corrected chi connectivity index (χ4v) is 3.61. The molecule has 0 saturated carbocycles. The number of rotatable bonds is 4. The molecule has 0 bridgehead atoms. The van der Waals surface area contributed by atoms with E-state index in [-0.39, 0.29) is 24.4 Å². The highest BCUT2D eigenvalue weighted by Crippen LogP contribution is 2.29. The van der Waals surface area contributed by atoms with Crippen LogP contribution in [0, 0.1) is 0 Å². The van der Waals surface area contributed by atoms with Gasteiger partial charge in [-0.1, -0.05) is 0 Å². The van der Waals surface area contributed by atoms with Gasteiger partial charge in [-0.2, -0.15) is 0 Å². The van der Waals surface area contributed by atoms with E-state index in [0.717, 1.165) is 35.7 Å². The molecule has 2 heterocycles. The molecule has 7 heteroatoms. The summed E-state index contributed by atoms with van der Waals surface area (Å²) < 4.78 is 5.15. The smallest absolute Gasteiger partial charge is 0.265 e. The first-order valence-electron chi connectivity index (χ1n) is 7.34. The number of likely N-dealkylation sites (tertiary alicyclic amines) is 1. The predicted molar refractivity (Wildman–Crippen MR) is 94.5 cm³/mol. The zero-order chi connectivity index (χ0) is 15.5. The van der Waals surface area contributed by atoms with Gasteiger partial charge in [-0.3, -0.25) is 4.79 Å². The molecule has 1 aromatic heterocycles. The van der Waals surface area contributed by atoms with Crippen LogP contribution in [-0.4, -0.2) is 42.0 Å². The van der Waals surface area contributed by atoms with E-state index in [1.165, 1.54) is 11.3 Å². The second kappa shape index (κ2) is 7.77. The highest BCUT2D eigenvalue weighted by molar-refractivity contribution is 7.16. The van der Waals surface area contributed by atoms with Crippen molar-refractivity contribution in [2.24, 2.45) is 5.73 Å². The zero-order valence-corrected chi connectivity index (χ0v) is 14.5. The van der Waals surface area contributed by atoms with E-state index >= 15 is 0 Å². The van der Waals surface area contributed by atoms with Gasteiger partial charge in [-0.25, -0.2) is 4.98 Å². The first kappa shape index (κ1) is 17.7. The lowest BCUT2D eigenvalue weighted by Gasteiger charge is -2.22. The Labute approximate surface area is 145 Å². The number of amides is 1. The van der Waals surface area contributed by atoms with Gasteiger partial charge < -0.3 is 15.4 Å². The van der Waals surface area contributed by atoms with E-state index in [4.69, 9.17) is 10.5 Å². The summed E-state index contributed by atoms with van der Waals surface area (Å²) in [6.45, 7) is 1.31. The van der Waals surface area contributed by atoms with Crippen molar-refractivity contribution >= 4 is 29.7 Å². The summed E-state index contributed by atoms with van der Waals surface area (Å²) >= 11 is 1.42. The van der Waals surface area contributed by atoms with E-state index in [1.807, 2.05) is 29.2 Å². The number of hydrogen-bond acceptors (Lipinski definition) is 5. The molecular formula is C16H20ClN3O2S. The molecule has 124 valence electrons. The van der Waals surface area contributed by atoms with Crippen LogP contribution in [0.4, 0.5) is 0 Å². The number of aromatic nitrogens is 1. The Hall–Kier alpha value is -1.63. The van der Waals surface area contributed by atoms with Crippen molar-refractivity contribution < 1.29 is 9.53 Å². The molecule has 1 amide bonds. The van der Waals surface area contributed by atoms with Crippen LogP contribution in [0.25, 0.3) is 10.6 Å². The van der Waals surface area contributed by atoms with Crippen molar-refractivity contribution in [1.82, 2.24) is 9.88 Å². The zero-order valence-electron chi connectivity index (χ0n) is 12.9. The summed E-state index contributed by atoms with van der Waals surface area (Å²) in [4.78, 5) is 19.5. The molecular weight excluding hydrogens is 334 g/mol. The van der Waals surface area contributed by atoms with Crippen molar-refractivity contribution in [2.75, 3.05) is 20.2 Å². The number of thiazole rings is 1.